The second kappa shape index (κ2) is 3.37. The molecule has 0 bridgehead atoms. The van der Waals surface area contributed by atoms with Crippen LogP contribution in [0.15, 0.2) is 30.0 Å². The number of rotatable bonds is 1. The summed E-state index contributed by atoms with van der Waals surface area (Å²) in [6, 6.07) is 5.36. The molecule has 3 rings (SSSR count). The van der Waals surface area contributed by atoms with Gasteiger partial charge in [0.25, 0.3) is 0 Å². The van der Waals surface area contributed by atoms with E-state index in [9.17, 15) is 4.79 Å². The first-order valence-corrected chi connectivity index (χ1v) is 5.51. The van der Waals surface area contributed by atoms with Gasteiger partial charge in [0.05, 0.1) is 0 Å². The SMILES string of the molecule is O=C(O)c1cccc2c1OC1=CCCCC12. The number of ether oxygens (including phenoxy) is 1. The summed E-state index contributed by atoms with van der Waals surface area (Å²) >= 11 is 0. The monoisotopic (exact) mass is 216 g/mol. The maximum atomic E-state index is 11.1. The van der Waals surface area contributed by atoms with E-state index in [1.165, 1.54) is 0 Å². The van der Waals surface area contributed by atoms with Crippen molar-refractivity contribution < 1.29 is 14.6 Å². The molecule has 2 aliphatic rings. The first-order valence-electron chi connectivity index (χ1n) is 5.51. The molecule has 1 atom stereocenters. The van der Waals surface area contributed by atoms with Gasteiger partial charge in [-0.15, -0.1) is 0 Å². The number of aromatic carboxylic acids is 1. The second-order valence-electron chi connectivity index (χ2n) is 4.22. The maximum Gasteiger partial charge on any atom is 0.339 e. The summed E-state index contributed by atoms with van der Waals surface area (Å²) in [5.41, 5.74) is 1.30. The Balaban J connectivity index is 2.14. The Morgan fingerprint density at radius 3 is 3.12 bits per heavy atom. The minimum Gasteiger partial charge on any atom is -0.478 e. The van der Waals surface area contributed by atoms with Crippen molar-refractivity contribution in [1.82, 2.24) is 0 Å². The molecule has 1 unspecified atom stereocenters. The van der Waals surface area contributed by atoms with Crippen molar-refractivity contribution in [2.75, 3.05) is 0 Å². The van der Waals surface area contributed by atoms with Crippen molar-refractivity contribution in [1.29, 1.82) is 0 Å². The van der Waals surface area contributed by atoms with Gasteiger partial charge in [-0.1, -0.05) is 12.1 Å². The predicted molar refractivity (Wildman–Crippen MR) is 58.7 cm³/mol. The Bertz CT molecular complexity index is 488. The average Bonchev–Trinajstić information content (AvgIpc) is 2.67. The fraction of sp³-hybridized carbons (Fsp3) is 0.308. The smallest absolute Gasteiger partial charge is 0.339 e. The van der Waals surface area contributed by atoms with Gasteiger partial charge in [0, 0.05) is 11.5 Å². The summed E-state index contributed by atoms with van der Waals surface area (Å²) in [5, 5.41) is 9.08. The van der Waals surface area contributed by atoms with Gasteiger partial charge >= 0.3 is 5.97 Å². The molecule has 1 aromatic rings. The molecule has 0 spiro atoms. The Kier molecular flexibility index (Phi) is 1.99. The van der Waals surface area contributed by atoms with Crippen LogP contribution in [0.4, 0.5) is 0 Å². The fourth-order valence-corrected chi connectivity index (χ4v) is 2.50. The molecule has 1 aromatic carbocycles. The molecule has 0 fully saturated rings. The van der Waals surface area contributed by atoms with Crippen LogP contribution < -0.4 is 4.74 Å². The van der Waals surface area contributed by atoms with Gasteiger partial charge in [-0.3, -0.25) is 0 Å². The van der Waals surface area contributed by atoms with Crippen molar-refractivity contribution >= 4 is 5.97 Å². The second-order valence-corrected chi connectivity index (χ2v) is 4.22. The first-order chi connectivity index (χ1) is 7.77. The highest BCUT2D eigenvalue weighted by atomic mass is 16.5. The summed E-state index contributed by atoms with van der Waals surface area (Å²) in [7, 11) is 0. The number of carboxylic acid groups (broad SMARTS) is 1. The van der Waals surface area contributed by atoms with E-state index in [-0.39, 0.29) is 11.5 Å². The van der Waals surface area contributed by atoms with Crippen LogP contribution in [0, 0.1) is 0 Å². The van der Waals surface area contributed by atoms with Gasteiger partial charge in [0.1, 0.15) is 17.1 Å². The summed E-state index contributed by atoms with van der Waals surface area (Å²) in [6.45, 7) is 0. The topological polar surface area (TPSA) is 46.5 Å². The fourth-order valence-electron chi connectivity index (χ4n) is 2.50. The molecule has 0 amide bonds. The molecule has 82 valence electrons. The molecule has 1 N–H and O–H groups in total. The van der Waals surface area contributed by atoms with Gasteiger partial charge in [-0.25, -0.2) is 4.79 Å². The molecule has 3 heteroatoms. The number of allylic oxidation sites excluding steroid dienone is 2. The van der Waals surface area contributed by atoms with Crippen molar-refractivity contribution in [3.05, 3.63) is 41.2 Å². The predicted octanol–water partition coefficient (Wildman–Crippen LogP) is 2.93. The van der Waals surface area contributed by atoms with Crippen LogP contribution in [0.2, 0.25) is 0 Å². The molecule has 1 aliphatic carbocycles. The van der Waals surface area contributed by atoms with Gasteiger partial charge < -0.3 is 9.84 Å². The molecule has 16 heavy (non-hydrogen) atoms. The number of carboxylic acids is 1. The van der Waals surface area contributed by atoms with Gasteiger partial charge in [0.15, 0.2) is 0 Å². The van der Waals surface area contributed by atoms with E-state index in [1.807, 2.05) is 6.07 Å². The third kappa shape index (κ3) is 1.24. The molecule has 0 radical (unpaired) electrons. The van der Waals surface area contributed by atoms with E-state index in [2.05, 4.69) is 6.08 Å². The minimum atomic E-state index is -0.920. The van der Waals surface area contributed by atoms with Crippen molar-refractivity contribution in [3.8, 4) is 5.75 Å². The van der Waals surface area contributed by atoms with Crippen LogP contribution in [0.1, 0.15) is 41.1 Å². The lowest BCUT2D eigenvalue weighted by molar-refractivity contribution is 0.0694. The van der Waals surface area contributed by atoms with Crippen LogP contribution in [-0.4, -0.2) is 11.1 Å². The van der Waals surface area contributed by atoms with E-state index >= 15 is 0 Å². The zero-order chi connectivity index (χ0) is 11.1. The largest absolute Gasteiger partial charge is 0.478 e. The molecule has 0 saturated carbocycles. The number of fused-ring (bicyclic) bond motifs is 3. The van der Waals surface area contributed by atoms with E-state index in [4.69, 9.17) is 9.84 Å². The highest BCUT2D eigenvalue weighted by Gasteiger charge is 2.33. The number of benzene rings is 1. The third-order valence-electron chi connectivity index (χ3n) is 3.26. The van der Waals surface area contributed by atoms with E-state index in [0.29, 0.717) is 5.75 Å². The highest BCUT2D eigenvalue weighted by molar-refractivity contribution is 5.92. The lowest BCUT2D eigenvalue weighted by Gasteiger charge is -2.14. The van der Waals surface area contributed by atoms with Crippen molar-refractivity contribution in [2.45, 2.75) is 25.2 Å². The van der Waals surface area contributed by atoms with Crippen LogP contribution in [0.25, 0.3) is 0 Å². The van der Waals surface area contributed by atoms with Crippen LogP contribution in [0.5, 0.6) is 5.75 Å². The van der Waals surface area contributed by atoms with Crippen LogP contribution in [0.3, 0.4) is 0 Å². The molecular weight excluding hydrogens is 204 g/mol. The lowest BCUT2D eigenvalue weighted by Crippen LogP contribution is -2.03. The number of hydrogen-bond acceptors (Lipinski definition) is 2. The van der Waals surface area contributed by atoms with E-state index in [1.54, 1.807) is 12.1 Å². The summed E-state index contributed by atoms with van der Waals surface area (Å²) < 4.78 is 5.68. The zero-order valence-electron chi connectivity index (χ0n) is 8.77. The van der Waals surface area contributed by atoms with Crippen LogP contribution >= 0.6 is 0 Å². The molecule has 1 aliphatic heterocycles. The van der Waals surface area contributed by atoms with E-state index < -0.39 is 5.97 Å². The Morgan fingerprint density at radius 2 is 2.31 bits per heavy atom. The molecule has 1 heterocycles. The summed E-state index contributed by atoms with van der Waals surface area (Å²) in [6.07, 6.45) is 5.32. The molecule has 0 aromatic heterocycles. The zero-order valence-corrected chi connectivity index (χ0v) is 8.77. The number of hydrogen-bond donors (Lipinski definition) is 1. The first kappa shape index (κ1) is 9.46. The van der Waals surface area contributed by atoms with Crippen molar-refractivity contribution in [2.24, 2.45) is 0 Å². The number of carbonyl (C=O) groups is 1. The molecular formula is C13H12O3. The summed E-state index contributed by atoms with van der Waals surface area (Å²) in [5.74, 6) is 0.849. The standard InChI is InChI=1S/C13H12O3/c14-13(15)10-6-3-5-9-8-4-1-2-7-11(8)16-12(9)10/h3,5-8H,1-2,4H2,(H,14,15). The summed E-state index contributed by atoms with van der Waals surface area (Å²) in [4.78, 5) is 11.1. The Morgan fingerprint density at radius 1 is 1.44 bits per heavy atom. The highest BCUT2D eigenvalue weighted by Crippen LogP contribution is 2.47. The molecule has 0 saturated heterocycles. The Hall–Kier alpha value is -1.77. The molecule has 3 nitrogen and oxygen atoms in total. The lowest BCUT2D eigenvalue weighted by atomic mass is 9.88. The van der Waals surface area contributed by atoms with E-state index in [0.717, 1.165) is 30.6 Å². The minimum absolute atomic E-state index is 0.271. The quantitative estimate of drug-likeness (QED) is 0.785. The van der Waals surface area contributed by atoms with Gasteiger partial charge in [-0.05, 0) is 31.4 Å². The third-order valence-corrected chi connectivity index (χ3v) is 3.26. The van der Waals surface area contributed by atoms with Gasteiger partial charge in [0.2, 0.25) is 0 Å². The van der Waals surface area contributed by atoms with Crippen molar-refractivity contribution in [3.63, 3.8) is 0 Å². The maximum absolute atomic E-state index is 11.1. The van der Waals surface area contributed by atoms with Crippen LogP contribution in [-0.2, 0) is 0 Å². The van der Waals surface area contributed by atoms with Gasteiger partial charge in [-0.2, -0.15) is 0 Å². The normalized spacial score (nSPS) is 21.8. The number of para-hydroxylation sites is 1. The average molecular weight is 216 g/mol. The Labute approximate surface area is 93.4 Å².